The van der Waals surface area contributed by atoms with Crippen LogP contribution in [-0.4, -0.2) is 27.9 Å². The summed E-state index contributed by atoms with van der Waals surface area (Å²) >= 11 is 0. The monoisotopic (exact) mass is 410 g/mol. The van der Waals surface area contributed by atoms with Crippen LogP contribution >= 0.6 is 0 Å². The van der Waals surface area contributed by atoms with Gasteiger partial charge in [0.15, 0.2) is 0 Å². The van der Waals surface area contributed by atoms with Crippen molar-refractivity contribution in [3.63, 3.8) is 0 Å². The Bertz CT molecular complexity index is 461. The maximum Gasteiger partial charge on any atom is 0.109 e. The lowest BCUT2D eigenvalue weighted by Gasteiger charge is -2.43. The van der Waals surface area contributed by atoms with E-state index >= 15 is 0 Å². The summed E-state index contributed by atoms with van der Waals surface area (Å²) in [6.45, 7) is 31.8. The molecule has 160 valence electrons. The topological polar surface area (TPSA) is 12.5 Å². The zero-order valence-electron chi connectivity index (χ0n) is 20.8. The van der Waals surface area contributed by atoms with Gasteiger partial charge in [0.2, 0.25) is 0 Å². The summed E-state index contributed by atoms with van der Waals surface area (Å²) in [6.07, 6.45) is 2.94. The number of hydrogen-bond donors (Lipinski definition) is 0. The fourth-order valence-corrected chi connectivity index (χ4v) is 18.9. The molecule has 0 aromatic heterocycles. The van der Waals surface area contributed by atoms with Gasteiger partial charge in [-0.05, 0) is 29.6 Å². The third kappa shape index (κ3) is 4.66. The van der Waals surface area contributed by atoms with Crippen molar-refractivity contribution < 1.29 is 4.74 Å². The Morgan fingerprint density at radius 3 is 1.37 bits per heavy atom. The first-order valence-electron chi connectivity index (χ1n) is 11.6. The molecule has 0 amide bonds. The van der Waals surface area contributed by atoms with Gasteiger partial charge in [0.25, 0.3) is 0 Å². The summed E-state index contributed by atoms with van der Waals surface area (Å²) in [5, 5.41) is 0. The molecule has 27 heavy (non-hydrogen) atoms. The minimum Gasteiger partial charge on any atom is -0.362 e. The van der Waals surface area contributed by atoms with E-state index in [9.17, 15) is 0 Å². The average Bonchev–Trinajstić information content (AvgIpc) is 3.13. The molecule has 0 saturated carbocycles. The van der Waals surface area contributed by atoms with Crippen molar-refractivity contribution in [1.82, 2.24) is 0 Å². The molecule has 0 spiro atoms. The van der Waals surface area contributed by atoms with E-state index in [-0.39, 0.29) is 5.60 Å². The second-order valence-corrected chi connectivity index (χ2v) is 23.3. The summed E-state index contributed by atoms with van der Waals surface area (Å²) in [7, 11) is -2.91. The van der Waals surface area contributed by atoms with E-state index in [0.29, 0.717) is 6.10 Å². The van der Waals surface area contributed by atoms with Gasteiger partial charge >= 0.3 is 0 Å². The number of epoxide rings is 1. The van der Waals surface area contributed by atoms with Gasteiger partial charge in [0.1, 0.15) is 5.60 Å². The summed E-state index contributed by atoms with van der Waals surface area (Å²) in [6, 6.07) is 1.32. The highest BCUT2D eigenvalue weighted by Gasteiger charge is 2.57. The Hall–Kier alpha value is 0.134. The van der Waals surface area contributed by atoms with Gasteiger partial charge in [0.05, 0.1) is 22.3 Å². The predicted molar refractivity (Wildman–Crippen MR) is 129 cm³/mol. The van der Waals surface area contributed by atoms with Gasteiger partial charge < -0.3 is 4.74 Å². The minimum atomic E-state index is -1.50. The second kappa shape index (κ2) is 8.87. The van der Waals surface area contributed by atoms with Crippen molar-refractivity contribution in [2.75, 3.05) is 0 Å². The number of hydrogen-bond acceptors (Lipinski definition) is 1. The Labute approximate surface area is 173 Å². The van der Waals surface area contributed by atoms with Crippen LogP contribution in [0.15, 0.2) is 11.8 Å². The lowest BCUT2D eigenvalue weighted by atomic mass is 10.1. The third-order valence-corrected chi connectivity index (χ3v) is 22.7. The Morgan fingerprint density at radius 2 is 1.07 bits per heavy atom. The van der Waals surface area contributed by atoms with Gasteiger partial charge in [0, 0.05) is 0 Å². The molecule has 0 aromatic carbocycles. The SMILES string of the molecule is CC(C)[Si](/C=C/[C@]1(C)O[C@@H]1C[Si](C(C)C)(C(C)C)C(C)C)(C(C)C)C(C)C. The molecule has 1 saturated heterocycles. The van der Waals surface area contributed by atoms with E-state index in [0.717, 1.165) is 33.2 Å². The quantitative estimate of drug-likeness (QED) is 0.259. The maximum atomic E-state index is 6.42. The molecular weight excluding hydrogens is 360 g/mol. The molecule has 0 aromatic rings. The van der Waals surface area contributed by atoms with Gasteiger partial charge in [-0.1, -0.05) is 111 Å². The van der Waals surface area contributed by atoms with Crippen LogP contribution in [0.1, 0.15) is 90.0 Å². The Kier molecular flexibility index (Phi) is 8.27. The first-order valence-corrected chi connectivity index (χ1v) is 16.3. The highest BCUT2D eigenvalue weighted by Crippen LogP contribution is 2.52. The van der Waals surface area contributed by atoms with Crippen molar-refractivity contribution in [1.29, 1.82) is 0 Å². The number of ether oxygens (including phenoxy) is 1. The smallest absolute Gasteiger partial charge is 0.109 e. The van der Waals surface area contributed by atoms with Crippen molar-refractivity contribution in [3.8, 4) is 0 Å². The molecule has 1 heterocycles. The normalized spacial score (nSPS) is 24.6. The standard InChI is InChI=1S/C24H50OSi2/c1-17(2)26(18(3)4,19(5)6)15-14-24(13)23(25-24)16-27(20(7)8,21(9)10)22(11)12/h14-15,17-23H,16H2,1-13H3/b15-14+/t23-,24+/m1/s1. The summed E-state index contributed by atoms with van der Waals surface area (Å²) in [4.78, 5) is 0. The first kappa shape index (κ1) is 25.2. The van der Waals surface area contributed by atoms with Crippen molar-refractivity contribution in [3.05, 3.63) is 11.8 Å². The summed E-state index contributed by atoms with van der Waals surface area (Å²) in [5.41, 5.74) is 7.39. The average molecular weight is 411 g/mol. The Balaban J connectivity index is 3.10. The molecular formula is C24H50OSi2. The maximum absolute atomic E-state index is 6.42. The molecule has 1 rings (SSSR count). The van der Waals surface area contributed by atoms with Crippen LogP contribution in [0, 0.1) is 0 Å². The largest absolute Gasteiger partial charge is 0.362 e. The van der Waals surface area contributed by atoms with E-state index in [1.165, 1.54) is 6.04 Å². The van der Waals surface area contributed by atoms with E-state index in [4.69, 9.17) is 4.74 Å². The Morgan fingerprint density at radius 1 is 0.704 bits per heavy atom. The lowest BCUT2D eigenvalue weighted by Crippen LogP contribution is -2.46. The highest BCUT2D eigenvalue weighted by atomic mass is 28.3. The van der Waals surface area contributed by atoms with Crippen LogP contribution in [0.3, 0.4) is 0 Å². The molecule has 0 N–H and O–H groups in total. The van der Waals surface area contributed by atoms with Crippen molar-refractivity contribution in [2.24, 2.45) is 0 Å². The molecule has 1 nitrogen and oxygen atoms in total. The van der Waals surface area contributed by atoms with Crippen LogP contribution < -0.4 is 0 Å². The second-order valence-electron chi connectivity index (χ2n) is 11.4. The first-order chi connectivity index (χ1) is 12.2. The molecule has 0 bridgehead atoms. The molecule has 2 atom stereocenters. The molecule has 0 radical (unpaired) electrons. The van der Waals surface area contributed by atoms with Gasteiger partial charge in [-0.25, -0.2) is 0 Å². The molecule has 0 aliphatic carbocycles. The molecule has 3 heteroatoms. The van der Waals surface area contributed by atoms with E-state index < -0.39 is 16.1 Å². The third-order valence-electron chi connectivity index (χ3n) is 8.44. The van der Waals surface area contributed by atoms with Crippen LogP contribution in [0.4, 0.5) is 0 Å². The van der Waals surface area contributed by atoms with E-state index in [1.54, 1.807) is 0 Å². The zero-order chi connectivity index (χ0) is 21.4. The summed E-state index contributed by atoms with van der Waals surface area (Å²) < 4.78 is 6.42. The van der Waals surface area contributed by atoms with Crippen molar-refractivity contribution >= 4 is 16.1 Å². The van der Waals surface area contributed by atoms with Crippen LogP contribution in [0.2, 0.25) is 39.3 Å². The molecule has 1 fully saturated rings. The minimum absolute atomic E-state index is 0.0200. The fraction of sp³-hybridized carbons (Fsp3) is 0.917. The van der Waals surface area contributed by atoms with Crippen LogP contribution in [0.5, 0.6) is 0 Å². The fourth-order valence-electron chi connectivity index (χ4n) is 6.58. The van der Waals surface area contributed by atoms with Crippen molar-refractivity contribution in [2.45, 2.75) is 141 Å². The lowest BCUT2D eigenvalue weighted by molar-refractivity contribution is 0.347. The van der Waals surface area contributed by atoms with E-state index in [1.807, 2.05) is 0 Å². The summed E-state index contributed by atoms with van der Waals surface area (Å²) in [5.74, 6) is 0. The number of rotatable bonds is 10. The van der Waals surface area contributed by atoms with Gasteiger partial charge in [-0.3, -0.25) is 0 Å². The van der Waals surface area contributed by atoms with Gasteiger partial charge in [-0.15, -0.1) is 0 Å². The molecule has 1 aliphatic rings. The van der Waals surface area contributed by atoms with Gasteiger partial charge in [-0.2, -0.15) is 0 Å². The van der Waals surface area contributed by atoms with Crippen LogP contribution in [-0.2, 0) is 4.74 Å². The molecule has 1 aliphatic heterocycles. The highest BCUT2D eigenvalue weighted by molar-refractivity contribution is 6.88. The predicted octanol–water partition coefficient (Wildman–Crippen LogP) is 8.60. The zero-order valence-corrected chi connectivity index (χ0v) is 22.8. The van der Waals surface area contributed by atoms with E-state index in [2.05, 4.69) is 102 Å². The van der Waals surface area contributed by atoms with Crippen LogP contribution in [0.25, 0.3) is 0 Å². The molecule has 0 unspecified atom stereocenters.